The van der Waals surface area contributed by atoms with Crippen LogP contribution in [0.15, 0.2) is 78.0 Å². The molecule has 0 aliphatic carbocycles. The summed E-state index contributed by atoms with van der Waals surface area (Å²) in [5, 5.41) is 7.22. The van der Waals surface area contributed by atoms with Crippen LogP contribution in [0, 0.1) is 6.92 Å². The monoisotopic (exact) mass is 782 g/mol. The molecule has 0 aliphatic heterocycles. The van der Waals surface area contributed by atoms with Gasteiger partial charge in [-0.25, -0.2) is 14.5 Å². The SMILES string of the molecule is CC(=O)SC(=NC(=O)NC(C)Cc1ccc(-c2ncn(-c3ccc(OC(F)(F)F)cc3)n2)cc1)N(CCC(Cl)(Cl)Cl)c1cc(C)ccc1C(C)C. The number of carbonyl (C=O) groups is 2. The summed E-state index contributed by atoms with van der Waals surface area (Å²) in [6.07, 6.45) is -2.74. The fraction of sp³-hybridized carbons (Fsp3) is 0.343. The van der Waals surface area contributed by atoms with Crippen LogP contribution < -0.4 is 15.0 Å². The van der Waals surface area contributed by atoms with Gasteiger partial charge in [0.05, 0.1) is 5.69 Å². The van der Waals surface area contributed by atoms with Gasteiger partial charge in [0, 0.05) is 37.2 Å². The molecule has 0 spiro atoms. The van der Waals surface area contributed by atoms with Gasteiger partial charge in [-0.1, -0.05) is 85.0 Å². The van der Waals surface area contributed by atoms with Crippen molar-refractivity contribution in [3.05, 3.63) is 89.7 Å². The third-order valence-corrected chi connectivity index (χ3v) is 8.68. The van der Waals surface area contributed by atoms with E-state index in [9.17, 15) is 22.8 Å². The number of carbonyl (C=O) groups excluding carboxylic acids is 2. The Morgan fingerprint density at radius 3 is 2.27 bits per heavy atom. The maximum Gasteiger partial charge on any atom is 0.573 e. The summed E-state index contributed by atoms with van der Waals surface area (Å²) in [6, 6.07) is 17.7. The molecule has 0 bridgehead atoms. The molecule has 0 fully saturated rings. The lowest BCUT2D eigenvalue weighted by Gasteiger charge is -2.30. The summed E-state index contributed by atoms with van der Waals surface area (Å²) in [4.78, 5) is 36.1. The Bertz CT molecular complexity index is 1850. The predicted molar refractivity (Wildman–Crippen MR) is 198 cm³/mol. The Kier molecular flexibility index (Phi) is 13.5. The normalized spacial score (nSPS) is 12.9. The van der Waals surface area contributed by atoms with E-state index in [0.717, 1.165) is 34.1 Å². The molecular formula is C35H36Cl3F3N6O3S. The van der Waals surface area contributed by atoms with Gasteiger partial charge in [-0.2, -0.15) is 4.99 Å². The van der Waals surface area contributed by atoms with Gasteiger partial charge in [-0.05, 0) is 85.0 Å². The highest BCUT2D eigenvalue weighted by molar-refractivity contribution is 8.26. The zero-order chi connectivity index (χ0) is 37.5. The number of aryl methyl sites for hydroxylation is 1. The fourth-order valence-electron chi connectivity index (χ4n) is 5.04. The van der Waals surface area contributed by atoms with Crippen LogP contribution in [0.3, 0.4) is 0 Å². The van der Waals surface area contributed by atoms with E-state index in [2.05, 4.69) is 25.1 Å². The van der Waals surface area contributed by atoms with Gasteiger partial charge in [-0.15, -0.1) is 18.3 Å². The lowest BCUT2D eigenvalue weighted by molar-refractivity contribution is -0.274. The molecule has 1 unspecified atom stereocenters. The van der Waals surface area contributed by atoms with E-state index < -0.39 is 16.2 Å². The maximum atomic E-state index is 13.3. The van der Waals surface area contributed by atoms with Gasteiger partial charge >= 0.3 is 12.4 Å². The lowest BCUT2D eigenvalue weighted by atomic mass is 9.98. The second-order valence-corrected chi connectivity index (χ2v) is 15.7. The Labute approximate surface area is 313 Å². The first kappa shape index (κ1) is 40.0. The average Bonchev–Trinajstić information content (AvgIpc) is 3.50. The number of aromatic nitrogens is 3. The number of alkyl halides is 6. The third kappa shape index (κ3) is 12.4. The molecule has 16 heteroatoms. The van der Waals surface area contributed by atoms with Crippen LogP contribution in [-0.2, 0) is 11.2 Å². The van der Waals surface area contributed by atoms with Crippen molar-refractivity contribution < 1.29 is 27.5 Å². The smallest absolute Gasteiger partial charge is 0.406 e. The first-order valence-electron chi connectivity index (χ1n) is 15.8. The number of benzene rings is 3. The molecule has 1 N–H and O–H groups in total. The number of nitrogens with zero attached hydrogens (tertiary/aromatic N) is 5. The number of nitrogens with one attached hydrogen (secondary N) is 1. The van der Waals surface area contributed by atoms with E-state index in [1.54, 1.807) is 4.90 Å². The molecule has 4 aromatic rings. The van der Waals surface area contributed by atoms with Crippen LogP contribution in [0.4, 0.5) is 23.7 Å². The van der Waals surface area contributed by atoms with Crippen molar-refractivity contribution >= 4 is 68.6 Å². The molecule has 4 rings (SSSR count). The molecule has 0 radical (unpaired) electrons. The number of ether oxygens (including phenoxy) is 1. The van der Waals surface area contributed by atoms with Gasteiger partial charge in [0.15, 0.2) is 19.9 Å². The van der Waals surface area contributed by atoms with E-state index in [-0.39, 0.29) is 41.0 Å². The van der Waals surface area contributed by atoms with Gasteiger partial charge in [0.2, 0.25) is 0 Å². The molecule has 272 valence electrons. The molecule has 1 atom stereocenters. The second kappa shape index (κ2) is 17.2. The number of thioether (sulfide) groups is 1. The van der Waals surface area contributed by atoms with E-state index in [1.807, 2.05) is 70.2 Å². The zero-order valence-corrected chi connectivity index (χ0v) is 31.4. The van der Waals surface area contributed by atoms with Gasteiger partial charge in [0.1, 0.15) is 12.1 Å². The fourth-order valence-corrected chi connectivity index (χ4v) is 5.98. The number of aliphatic imine (C=N–C) groups is 1. The predicted octanol–water partition coefficient (Wildman–Crippen LogP) is 9.81. The van der Waals surface area contributed by atoms with Crippen LogP contribution in [0.2, 0.25) is 0 Å². The third-order valence-electron chi connectivity index (χ3n) is 7.33. The van der Waals surface area contributed by atoms with Crippen LogP contribution in [0.1, 0.15) is 56.7 Å². The van der Waals surface area contributed by atoms with E-state index in [0.29, 0.717) is 23.5 Å². The molecule has 1 aromatic heterocycles. The Morgan fingerprint density at radius 1 is 1.02 bits per heavy atom. The van der Waals surface area contributed by atoms with E-state index >= 15 is 0 Å². The molecule has 0 aliphatic rings. The number of anilines is 1. The Hall–Kier alpha value is -3.78. The van der Waals surface area contributed by atoms with Crippen molar-refractivity contribution in [1.29, 1.82) is 0 Å². The summed E-state index contributed by atoms with van der Waals surface area (Å²) >= 11 is 19.2. The molecule has 3 aromatic carbocycles. The summed E-state index contributed by atoms with van der Waals surface area (Å²) in [5.41, 5.74) is 4.86. The summed E-state index contributed by atoms with van der Waals surface area (Å²) in [6.45, 7) is 9.45. The van der Waals surface area contributed by atoms with Crippen LogP contribution in [0.25, 0.3) is 17.1 Å². The van der Waals surface area contributed by atoms with E-state index in [4.69, 9.17) is 34.8 Å². The van der Waals surface area contributed by atoms with Crippen molar-refractivity contribution in [2.45, 2.75) is 69.6 Å². The molecule has 0 saturated carbocycles. The lowest BCUT2D eigenvalue weighted by Crippen LogP contribution is -2.37. The van der Waals surface area contributed by atoms with Crippen molar-refractivity contribution in [1.82, 2.24) is 20.1 Å². The topological polar surface area (TPSA) is 102 Å². The summed E-state index contributed by atoms with van der Waals surface area (Å²) in [5.74, 6) is 0.196. The van der Waals surface area contributed by atoms with Crippen molar-refractivity contribution in [3.8, 4) is 22.8 Å². The van der Waals surface area contributed by atoms with Crippen LogP contribution in [0.5, 0.6) is 5.75 Å². The second-order valence-electron chi connectivity index (χ2n) is 12.0. The largest absolute Gasteiger partial charge is 0.573 e. The number of urea groups is 1. The number of amidine groups is 1. The quantitative estimate of drug-likeness (QED) is 0.0971. The maximum absolute atomic E-state index is 13.3. The zero-order valence-electron chi connectivity index (χ0n) is 28.3. The Morgan fingerprint density at radius 2 is 1.69 bits per heavy atom. The molecule has 1 heterocycles. The molecule has 51 heavy (non-hydrogen) atoms. The van der Waals surface area contributed by atoms with Gasteiger partial charge in [0.25, 0.3) is 0 Å². The van der Waals surface area contributed by atoms with Crippen molar-refractivity contribution in [3.63, 3.8) is 0 Å². The first-order valence-corrected chi connectivity index (χ1v) is 17.7. The number of halogens is 6. The highest BCUT2D eigenvalue weighted by Gasteiger charge is 2.31. The Balaban J connectivity index is 1.47. The molecule has 0 saturated heterocycles. The molecule has 2 amide bonds. The van der Waals surface area contributed by atoms with Gasteiger partial charge < -0.3 is 15.0 Å². The average molecular weight is 784 g/mol. The summed E-state index contributed by atoms with van der Waals surface area (Å²) < 4.78 is 41.2. The minimum absolute atomic E-state index is 0.109. The number of rotatable bonds is 10. The van der Waals surface area contributed by atoms with Crippen LogP contribution >= 0.6 is 46.6 Å². The van der Waals surface area contributed by atoms with E-state index in [1.165, 1.54) is 42.2 Å². The minimum atomic E-state index is -4.78. The molecular weight excluding hydrogens is 748 g/mol. The number of hydrogen-bond acceptors (Lipinski definition) is 6. The van der Waals surface area contributed by atoms with Crippen molar-refractivity contribution in [2.24, 2.45) is 4.99 Å². The molecule has 9 nitrogen and oxygen atoms in total. The highest BCUT2D eigenvalue weighted by Crippen LogP contribution is 2.35. The minimum Gasteiger partial charge on any atom is -0.406 e. The first-order chi connectivity index (χ1) is 23.9. The van der Waals surface area contributed by atoms with Crippen LogP contribution in [-0.4, -0.2) is 53.8 Å². The number of amides is 2. The number of hydrogen-bond donors (Lipinski definition) is 1. The standard InChI is InChI=1S/C35H36Cl3F3N6O3S/c1-21(2)29-15-6-22(3)18-30(29)46(17-16-34(36,37)38)33(51-24(5)48)44-32(49)43-23(4)19-25-7-9-26(10-8-25)31-42-20-47(45-31)27-11-13-28(14-12-27)50-35(39,40)41/h6-15,18,20-21,23H,16-17,19H2,1-5H3,(H,43,49). The van der Waals surface area contributed by atoms with Gasteiger partial charge in [-0.3, -0.25) is 4.79 Å². The van der Waals surface area contributed by atoms with Crippen molar-refractivity contribution in [2.75, 3.05) is 11.4 Å². The summed E-state index contributed by atoms with van der Waals surface area (Å²) in [7, 11) is 0. The highest BCUT2D eigenvalue weighted by atomic mass is 35.6.